The highest BCUT2D eigenvalue weighted by Crippen LogP contribution is 2.24. The van der Waals surface area contributed by atoms with Crippen LogP contribution in [0.4, 0.5) is 18.9 Å². The smallest absolute Gasteiger partial charge is 0.387 e. The first-order valence-electron chi connectivity index (χ1n) is 10.4. The third-order valence-electron chi connectivity index (χ3n) is 4.99. The molecule has 0 aliphatic rings. The average Bonchev–Trinajstić information content (AvgIpc) is 2.77. The van der Waals surface area contributed by atoms with Crippen LogP contribution in [-0.4, -0.2) is 32.9 Å². The molecule has 3 N–H and O–H groups in total. The van der Waals surface area contributed by atoms with Crippen molar-refractivity contribution in [3.63, 3.8) is 0 Å². The van der Waals surface area contributed by atoms with Gasteiger partial charge in [0.05, 0.1) is 12.4 Å². The summed E-state index contributed by atoms with van der Waals surface area (Å²) in [6.45, 7) is -2.81. The summed E-state index contributed by atoms with van der Waals surface area (Å²) in [6, 6.07) is 18.2. The summed E-state index contributed by atoms with van der Waals surface area (Å²) in [5.74, 6) is -0.339. The summed E-state index contributed by atoms with van der Waals surface area (Å²) < 4.78 is 67.9. The summed E-state index contributed by atoms with van der Waals surface area (Å²) in [6.07, 6.45) is 0.519. The number of rotatable bonds is 11. The van der Waals surface area contributed by atoms with Crippen molar-refractivity contribution in [2.24, 2.45) is 0 Å². The third kappa shape index (κ3) is 8.05. The van der Waals surface area contributed by atoms with Gasteiger partial charge in [-0.2, -0.15) is 8.78 Å². The molecule has 34 heavy (non-hydrogen) atoms. The maximum Gasteiger partial charge on any atom is 0.387 e. The van der Waals surface area contributed by atoms with E-state index in [2.05, 4.69) is 14.8 Å². The SMILES string of the molecule is CS(=O)(=O)Nc1cccc(C(O)CNC(Cc2ccc(F)cc2)c2ccc(OC(F)F)cc2)c1. The minimum Gasteiger partial charge on any atom is -0.435 e. The van der Waals surface area contributed by atoms with E-state index in [4.69, 9.17) is 0 Å². The Morgan fingerprint density at radius 3 is 2.26 bits per heavy atom. The van der Waals surface area contributed by atoms with Gasteiger partial charge in [-0.1, -0.05) is 36.4 Å². The molecule has 0 bridgehead atoms. The lowest BCUT2D eigenvalue weighted by atomic mass is 9.98. The zero-order valence-electron chi connectivity index (χ0n) is 18.3. The highest BCUT2D eigenvalue weighted by atomic mass is 32.2. The van der Waals surface area contributed by atoms with Crippen LogP contribution in [0.25, 0.3) is 0 Å². The topological polar surface area (TPSA) is 87.7 Å². The number of halogens is 3. The zero-order valence-corrected chi connectivity index (χ0v) is 19.1. The first-order chi connectivity index (χ1) is 16.1. The Morgan fingerprint density at radius 2 is 1.65 bits per heavy atom. The number of aliphatic hydroxyl groups is 1. The van der Waals surface area contributed by atoms with Gasteiger partial charge in [0.15, 0.2) is 0 Å². The van der Waals surface area contributed by atoms with Gasteiger partial charge in [-0.15, -0.1) is 0 Å². The fourth-order valence-electron chi connectivity index (χ4n) is 3.44. The van der Waals surface area contributed by atoms with Crippen molar-refractivity contribution < 1.29 is 31.4 Å². The van der Waals surface area contributed by atoms with Crippen molar-refractivity contribution in [2.45, 2.75) is 25.2 Å². The fraction of sp³-hybridized carbons (Fsp3) is 0.250. The summed E-state index contributed by atoms with van der Waals surface area (Å²) in [5.41, 5.74) is 2.42. The standard InChI is InChI=1S/C24H25F3N2O4S/c1-34(31,32)29-20-4-2-3-18(14-20)23(30)15-28-22(13-16-5-9-19(25)10-6-16)17-7-11-21(12-8-17)33-24(26)27/h2-12,14,22-24,28-30H,13,15H2,1H3. The Kier molecular flexibility index (Phi) is 8.54. The maximum absolute atomic E-state index is 13.3. The molecule has 3 aromatic carbocycles. The normalized spacial score (nSPS) is 13.5. The van der Waals surface area contributed by atoms with Crippen LogP contribution in [0.2, 0.25) is 0 Å². The molecular weight excluding hydrogens is 469 g/mol. The van der Waals surface area contributed by atoms with Gasteiger partial charge in [0.25, 0.3) is 0 Å². The van der Waals surface area contributed by atoms with E-state index in [9.17, 15) is 26.7 Å². The van der Waals surface area contributed by atoms with Crippen LogP contribution in [0.5, 0.6) is 5.75 Å². The number of sulfonamides is 1. The number of nitrogens with one attached hydrogen (secondary N) is 2. The molecule has 0 saturated heterocycles. The van der Waals surface area contributed by atoms with E-state index in [1.807, 2.05) is 0 Å². The van der Waals surface area contributed by atoms with Gasteiger partial charge in [-0.05, 0) is 59.5 Å². The Labute approximate surface area is 196 Å². The number of hydrogen-bond donors (Lipinski definition) is 3. The van der Waals surface area contributed by atoms with E-state index in [-0.39, 0.29) is 24.2 Å². The first-order valence-corrected chi connectivity index (χ1v) is 12.3. The summed E-state index contributed by atoms with van der Waals surface area (Å²) in [5, 5.41) is 13.9. The molecule has 3 rings (SSSR count). The van der Waals surface area contributed by atoms with Crippen LogP contribution in [0.1, 0.15) is 28.8 Å². The molecule has 2 atom stereocenters. The van der Waals surface area contributed by atoms with Crippen molar-refractivity contribution in [3.8, 4) is 5.75 Å². The number of alkyl halides is 2. The molecule has 0 aliphatic carbocycles. The van der Waals surface area contributed by atoms with Crippen molar-refractivity contribution in [3.05, 3.63) is 95.3 Å². The van der Waals surface area contributed by atoms with Gasteiger partial charge in [0.1, 0.15) is 11.6 Å². The van der Waals surface area contributed by atoms with Gasteiger partial charge in [0, 0.05) is 18.3 Å². The van der Waals surface area contributed by atoms with E-state index in [1.165, 1.54) is 24.3 Å². The fourth-order valence-corrected chi connectivity index (χ4v) is 4.00. The number of benzene rings is 3. The zero-order chi connectivity index (χ0) is 24.7. The van der Waals surface area contributed by atoms with Crippen LogP contribution in [0.15, 0.2) is 72.8 Å². The first kappa shape index (κ1) is 25.5. The molecule has 0 spiro atoms. The molecule has 0 aromatic heterocycles. The summed E-state index contributed by atoms with van der Waals surface area (Å²) in [4.78, 5) is 0. The molecule has 0 fully saturated rings. The van der Waals surface area contributed by atoms with Crippen LogP contribution < -0.4 is 14.8 Å². The van der Waals surface area contributed by atoms with Crippen molar-refractivity contribution in [2.75, 3.05) is 17.5 Å². The summed E-state index contributed by atoms with van der Waals surface area (Å²) >= 11 is 0. The Morgan fingerprint density at radius 1 is 0.971 bits per heavy atom. The van der Waals surface area contributed by atoms with E-state index in [0.29, 0.717) is 17.7 Å². The van der Waals surface area contributed by atoms with Gasteiger partial charge in [0.2, 0.25) is 10.0 Å². The van der Waals surface area contributed by atoms with E-state index in [0.717, 1.165) is 17.4 Å². The summed E-state index contributed by atoms with van der Waals surface area (Å²) in [7, 11) is -3.46. The third-order valence-corrected chi connectivity index (χ3v) is 5.60. The van der Waals surface area contributed by atoms with Crippen LogP contribution in [-0.2, 0) is 16.4 Å². The highest BCUT2D eigenvalue weighted by molar-refractivity contribution is 7.92. The molecule has 3 aromatic rings. The number of hydrogen-bond acceptors (Lipinski definition) is 5. The van der Waals surface area contributed by atoms with Gasteiger partial charge >= 0.3 is 6.61 Å². The molecule has 10 heteroatoms. The molecule has 0 heterocycles. The lowest BCUT2D eigenvalue weighted by Crippen LogP contribution is -2.28. The molecule has 0 aliphatic heterocycles. The van der Waals surface area contributed by atoms with Crippen molar-refractivity contribution in [1.82, 2.24) is 5.32 Å². The highest BCUT2D eigenvalue weighted by Gasteiger charge is 2.17. The average molecular weight is 495 g/mol. The van der Waals surface area contributed by atoms with E-state index in [1.54, 1.807) is 48.5 Å². The number of anilines is 1. The van der Waals surface area contributed by atoms with Gasteiger partial charge in [-0.3, -0.25) is 4.72 Å². The predicted molar refractivity (Wildman–Crippen MR) is 124 cm³/mol. The number of aliphatic hydroxyl groups excluding tert-OH is 1. The number of ether oxygens (including phenoxy) is 1. The quantitative estimate of drug-likeness (QED) is 0.368. The second-order valence-corrected chi connectivity index (χ2v) is 9.50. The van der Waals surface area contributed by atoms with E-state index >= 15 is 0 Å². The van der Waals surface area contributed by atoms with Crippen molar-refractivity contribution in [1.29, 1.82) is 0 Å². The lowest BCUT2D eigenvalue weighted by molar-refractivity contribution is -0.0498. The minimum absolute atomic E-state index is 0.0227. The van der Waals surface area contributed by atoms with Crippen LogP contribution in [0, 0.1) is 5.82 Å². The monoisotopic (exact) mass is 494 g/mol. The van der Waals surface area contributed by atoms with E-state index < -0.39 is 22.7 Å². The minimum atomic E-state index is -3.46. The van der Waals surface area contributed by atoms with Gasteiger partial charge in [-0.25, -0.2) is 12.8 Å². The lowest BCUT2D eigenvalue weighted by Gasteiger charge is -2.22. The Bertz CT molecular complexity index is 1170. The maximum atomic E-state index is 13.3. The molecule has 182 valence electrons. The Hall–Kier alpha value is -3.08. The van der Waals surface area contributed by atoms with Gasteiger partial charge < -0.3 is 15.2 Å². The molecule has 0 amide bonds. The molecule has 0 saturated carbocycles. The second-order valence-electron chi connectivity index (χ2n) is 7.75. The second kappa shape index (κ2) is 11.4. The molecule has 6 nitrogen and oxygen atoms in total. The van der Waals surface area contributed by atoms with Crippen LogP contribution >= 0.6 is 0 Å². The van der Waals surface area contributed by atoms with Crippen molar-refractivity contribution >= 4 is 15.7 Å². The molecular formula is C24H25F3N2O4S. The Balaban J connectivity index is 1.75. The predicted octanol–water partition coefficient (Wildman–Crippen LogP) is 4.41. The van der Waals surface area contributed by atoms with Crippen LogP contribution in [0.3, 0.4) is 0 Å². The molecule has 2 unspecified atom stereocenters. The molecule has 0 radical (unpaired) electrons. The largest absolute Gasteiger partial charge is 0.435 e.